The Morgan fingerprint density at radius 1 is 1.22 bits per heavy atom. The molecule has 1 heterocycles. The first kappa shape index (κ1) is 19.1. The lowest BCUT2D eigenvalue weighted by atomic mass is 10.0. The highest BCUT2D eigenvalue weighted by Crippen LogP contribution is 2.33. The minimum Gasteiger partial charge on any atom is -0.482 e. The van der Waals surface area contributed by atoms with Gasteiger partial charge in [-0.15, -0.1) is 0 Å². The van der Waals surface area contributed by atoms with Crippen LogP contribution in [0.5, 0.6) is 5.75 Å². The highest BCUT2D eigenvalue weighted by Gasteiger charge is 2.26. The van der Waals surface area contributed by atoms with Gasteiger partial charge in [-0.1, -0.05) is 23.8 Å². The molecule has 5 nitrogen and oxygen atoms in total. The van der Waals surface area contributed by atoms with Crippen molar-refractivity contribution < 1.29 is 19.1 Å². The van der Waals surface area contributed by atoms with Crippen molar-refractivity contribution in [2.45, 2.75) is 40.4 Å². The molecule has 142 valence electrons. The number of amides is 1. The molecule has 1 unspecified atom stereocenters. The number of nitrogens with zero attached hydrogens (tertiary/aromatic N) is 1. The third-order valence-electron chi connectivity index (χ3n) is 4.86. The van der Waals surface area contributed by atoms with E-state index in [0.29, 0.717) is 30.2 Å². The fourth-order valence-electron chi connectivity index (χ4n) is 3.24. The summed E-state index contributed by atoms with van der Waals surface area (Å²) in [5.41, 5.74) is 4.58. The van der Waals surface area contributed by atoms with Crippen LogP contribution in [0.2, 0.25) is 0 Å². The van der Waals surface area contributed by atoms with Crippen LogP contribution in [-0.2, 0) is 16.1 Å². The Kier molecular flexibility index (Phi) is 5.61. The second kappa shape index (κ2) is 7.92. The summed E-state index contributed by atoms with van der Waals surface area (Å²) in [6, 6.07) is 11.4. The van der Waals surface area contributed by atoms with Gasteiger partial charge in [0, 0.05) is 12.1 Å². The van der Waals surface area contributed by atoms with E-state index < -0.39 is 6.10 Å². The highest BCUT2D eigenvalue weighted by atomic mass is 16.5. The molecule has 1 aliphatic heterocycles. The summed E-state index contributed by atoms with van der Waals surface area (Å²) < 4.78 is 11.3. The monoisotopic (exact) mass is 367 g/mol. The molecule has 5 heteroatoms. The van der Waals surface area contributed by atoms with Crippen molar-refractivity contribution in [2.75, 3.05) is 18.1 Å². The van der Waals surface area contributed by atoms with Gasteiger partial charge in [-0.25, -0.2) is 0 Å². The van der Waals surface area contributed by atoms with Crippen molar-refractivity contribution in [1.29, 1.82) is 0 Å². The summed E-state index contributed by atoms with van der Waals surface area (Å²) in [7, 11) is 0. The van der Waals surface area contributed by atoms with Crippen molar-refractivity contribution in [1.82, 2.24) is 0 Å². The molecule has 2 aromatic rings. The lowest BCUT2D eigenvalue weighted by Crippen LogP contribution is -2.38. The van der Waals surface area contributed by atoms with Gasteiger partial charge in [-0.3, -0.25) is 9.59 Å². The van der Waals surface area contributed by atoms with Gasteiger partial charge < -0.3 is 14.4 Å². The predicted octanol–water partition coefficient (Wildman–Crippen LogP) is 3.84. The number of carbonyl (C=O) groups is 2. The smallest absolute Gasteiger partial charge is 0.265 e. The number of likely N-dealkylation sites (N-methyl/N-ethyl adjacent to an activating group) is 1. The summed E-state index contributed by atoms with van der Waals surface area (Å²) in [4.78, 5) is 26.4. The maximum atomic E-state index is 12.8. The molecule has 0 aromatic heterocycles. The zero-order valence-electron chi connectivity index (χ0n) is 16.2. The van der Waals surface area contributed by atoms with Crippen molar-refractivity contribution >= 4 is 17.4 Å². The third kappa shape index (κ3) is 4.03. The number of hydrogen-bond acceptors (Lipinski definition) is 4. The van der Waals surface area contributed by atoms with Crippen molar-refractivity contribution in [3.63, 3.8) is 0 Å². The Labute approximate surface area is 159 Å². The molecular weight excluding hydrogens is 342 g/mol. The fourth-order valence-corrected chi connectivity index (χ4v) is 3.24. The average Bonchev–Trinajstić information content (AvgIpc) is 2.66. The number of carbonyl (C=O) groups excluding carboxylic acids is 2. The maximum absolute atomic E-state index is 12.8. The average molecular weight is 367 g/mol. The van der Waals surface area contributed by atoms with Crippen molar-refractivity contribution in [3.8, 4) is 5.75 Å². The summed E-state index contributed by atoms with van der Waals surface area (Å²) in [6.07, 6.45) is -0.584. The summed E-state index contributed by atoms with van der Waals surface area (Å²) in [5, 5.41) is 0. The predicted molar refractivity (Wildman–Crippen MR) is 104 cm³/mol. The van der Waals surface area contributed by atoms with E-state index in [9.17, 15) is 9.59 Å². The van der Waals surface area contributed by atoms with E-state index in [-0.39, 0.29) is 18.3 Å². The van der Waals surface area contributed by atoms with Crippen LogP contribution >= 0.6 is 0 Å². The molecule has 3 rings (SSSR count). The van der Waals surface area contributed by atoms with E-state index in [1.807, 2.05) is 32.9 Å². The standard InChI is InChI=1S/C22H25NO4/c1-5-23-19-11-17(8-9-20(19)27-13-21(23)24)22(25)16(4)26-12-18-7-6-14(2)10-15(18)3/h6-11,16H,5,12-13H2,1-4H3. The molecule has 0 saturated carbocycles. The minimum atomic E-state index is -0.584. The molecule has 2 aromatic carbocycles. The molecule has 1 amide bonds. The molecule has 0 saturated heterocycles. The largest absolute Gasteiger partial charge is 0.482 e. The zero-order chi connectivity index (χ0) is 19.6. The number of ketones is 1. The van der Waals surface area contributed by atoms with Gasteiger partial charge in [0.25, 0.3) is 5.91 Å². The first-order chi connectivity index (χ1) is 12.9. The molecule has 0 radical (unpaired) electrons. The molecule has 1 aliphatic rings. The summed E-state index contributed by atoms with van der Waals surface area (Å²) in [6.45, 7) is 8.69. The maximum Gasteiger partial charge on any atom is 0.265 e. The SMILES string of the molecule is CCN1C(=O)COc2ccc(C(=O)C(C)OCc3ccc(C)cc3C)cc21. The molecule has 0 N–H and O–H groups in total. The molecule has 0 aliphatic carbocycles. The molecule has 27 heavy (non-hydrogen) atoms. The van der Waals surface area contributed by atoms with Crippen molar-refractivity contribution in [2.24, 2.45) is 0 Å². The van der Waals surface area contributed by atoms with Crippen LogP contribution in [0.15, 0.2) is 36.4 Å². The van der Waals surface area contributed by atoms with Gasteiger partial charge in [0.15, 0.2) is 12.4 Å². The van der Waals surface area contributed by atoms with Gasteiger partial charge in [-0.05, 0) is 57.0 Å². The Hall–Kier alpha value is -2.66. The van der Waals surface area contributed by atoms with Crippen LogP contribution < -0.4 is 9.64 Å². The van der Waals surface area contributed by atoms with Crippen LogP contribution in [-0.4, -0.2) is 30.9 Å². The molecule has 0 fully saturated rings. The van der Waals surface area contributed by atoms with Gasteiger partial charge >= 0.3 is 0 Å². The van der Waals surface area contributed by atoms with Gasteiger partial charge in [0.2, 0.25) is 0 Å². The number of aryl methyl sites for hydroxylation is 2. The molecular formula is C22H25NO4. The van der Waals surface area contributed by atoms with Crippen LogP contribution in [0.3, 0.4) is 0 Å². The van der Waals surface area contributed by atoms with Crippen LogP contribution in [0.1, 0.15) is 40.9 Å². The lowest BCUT2D eigenvalue weighted by molar-refractivity contribution is -0.121. The quantitative estimate of drug-likeness (QED) is 0.728. The zero-order valence-corrected chi connectivity index (χ0v) is 16.2. The fraction of sp³-hybridized carbons (Fsp3) is 0.364. The van der Waals surface area contributed by atoms with E-state index in [1.165, 1.54) is 5.56 Å². The van der Waals surface area contributed by atoms with Crippen molar-refractivity contribution in [3.05, 3.63) is 58.7 Å². The number of hydrogen-bond donors (Lipinski definition) is 0. The topological polar surface area (TPSA) is 55.8 Å². The van der Waals surface area contributed by atoms with Gasteiger partial charge in [-0.2, -0.15) is 0 Å². The normalized spacial score (nSPS) is 14.5. The van der Waals surface area contributed by atoms with Gasteiger partial charge in [0.05, 0.1) is 12.3 Å². The molecule has 1 atom stereocenters. The number of fused-ring (bicyclic) bond motifs is 1. The van der Waals surface area contributed by atoms with E-state index in [1.54, 1.807) is 30.0 Å². The number of rotatable bonds is 6. The minimum absolute atomic E-state index is 0.0313. The number of anilines is 1. The van der Waals surface area contributed by atoms with Crippen LogP contribution in [0, 0.1) is 13.8 Å². The Morgan fingerprint density at radius 2 is 2.00 bits per heavy atom. The van der Waals surface area contributed by atoms with Crippen LogP contribution in [0.25, 0.3) is 0 Å². The Bertz CT molecular complexity index is 875. The van der Waals surface area contributed by atoms with Crippen LogP contribution in [0.4, 0.5) is 5.69 Å². The molecule has 0 spiro atoms. The number of ether oxygens (including phenoxy) is 2. The Balaban J connectivity index is 1.73. The first-order valence-corrected chi connectivity index (χ1v) is 9.20. The lowest BCUT2D eigenvalue weighted by Gasteiger charge is -2.28. The van der Waals surface area contributed by atoms with E-state index in [2.05, 4.69) is 6.07 Å². The first-order valence-electron chi connectivity index (χ1n) is 9.20. The molecule has 0 bridgehead atoms. The second-order valence-electron chi connectivity index (χ2n) is 6.86. The van der Waals surface area contributed by atoms with E-state index in [4.69, 9.17) is 9.47 Å². The number of benzene rings is 2. The van der Waals surface area contributed by atoms with Gasteiger partial charge in [0.1, 0.15) is 11.9 Å². The Morgan fingerprint density at radius 3 is 2.70 bits per heavy atom. The second-order valence-corrected chi connectivity index (χ2v) is 6.86. The third-order valence-corrected chi connectivity index (χ3v) is 4.86. The summed E-state index contributed by atoms with van der Waals surface area (Å²) in [5.74, 6) is 0.405. The van der Waals surface area contributed by atoms with E-state index >= 15 is 0 Å². The highest BCUT2D eigenvalue weighted by molar-refractivity contribution is 6.03. The van der Waals surface area contributed by atoms with E-state index in [0.717, 1.165) is 11.1 Å². The number of Topliss-reactive ketones (excluding diaryl/α,β-unsaturated/α-hetero) is 1. The summed E-state index contributed by atoms with van der Waals surface area (Å²) >= 11 is 0.